The SMILES string of the molecule is COC(=O)C1CCCCN1C(=O)N1CC(C(=O)O)C1. The molecular formula is C12H18N2O5. The Labute approximate surface area is 111 Å². The van der Waals surface area contributed by atoms with Gasteiger partial charge < -0.3 is 19.6 Å². The number of nitrogens with zero attached hydrogens (tertiary/aromatic N) is 2. The number of aliphatic carboxylic acids is 1. The zero-order valence-electron chi connectivity index (χ0n) is 10.9. The summed E-state index contributed by atoms with van der Waals surface area (Å²) in [6.45, 7) is 0.962. The zero-order valence-corrected chi connectivity index (χ0v) is 10.9. The molecule has 7 heteroatoms. The Balaban J connectivity index is 1.97. The molecule has 1 atom stereocenters. The van der Waals surface area contributed by atoms with E-state index in [1.165, 1.54) is 16.9 Å². The Bertz CT molecular complexity index is 392. The first-order valence-corrected chi connectivity index (χ1v) is 6.40. The predicted molar refractivity (Wildman–Crippen MR) is 64.5 cm³/mol. The fourth-order valence-electron chi connectivity index (χ4n) is 2.51. The highest BCUT2D eigenvalue weighted by atomic mass is 16.5. The van der Waals surface area contributed by atoms with E-state index in [1.54, 1.807) is 0 Å². The van der Waals surface area contributed by atoms with Gasteiger partial charge >= 0.3 is 18.0 Å². The maximum Gasteiger partial charge on any atom is 0.328 e. The first kappa shape index (κ1) is 13.6. The molecule has 0 aliphatic carbocycles. The van der Waals surface area contributed by atoms with Crippen molar-refractivity contribution in [1.82, 2.24) is 9.80 Å². The molecule has 19 heavy (non-hydrogen) atoms. The third-order valence-corrected chi connectivity index (χ3v) is 3.72. The molecule has 2 aliphatic heterocycles. The maximum atomic E-state index is 12.2. The van der Waals surface area contributed by atoms with Crippen LogP contribution in [0.25, 0.3) is 0 Å². The molecule has 0 saturated carbocycles. The first-order chi connectivity index (χ1) is 9.04. The van der Waals surface area contributed by atoms with Crippen molar-refractivity contribution in [3.63, 3.8) is 0 Å². The van der Waals surface area contributed by atoms with Crippen LogP contribution in [0.5, 0.6) is 0 Å². The molecule has 2 saturated heterocycles. The van der Waals surface area contributed by atoms with E-state index >= 15 is 0 Å². The summed E-state index contributed by atoms with van der Waals surface area (Å²) in [5.41, 5.74) is 0. The van der Waals surface area contributed by atoms with E-state index in [9.17, 15) is 14.4 Å². The number of methoxy groups -OCH3 is 1. The molecule has 7 nitrogen and oxygen atoms in total. The van der Waals surface area contributed by atoms with Crippen molar-refractivity contribution in [1.29, 1.82) is 0 Å². The predicted octanol–water partition coefficient (Wildman–Crippen LogP) is 0.150. The van der Waals surface area contributed by atoms with Crippen LogP contribution in [0.15, 0.2) is 0 Å². The lowest BCUT2D eigenvalue weighted by Gasteiger charge is -2.43. The molecule has 0 bridgehead atoms. The number of likely N-dealkylation sites (tertiary alicyclic amines) is 2. The van der Waals surface area contributed by atoms with Gasteiger partial charge in [-0.05, 0) is 19.3 Å². The van der Waals surface area contributed by atoms with E-state index in [2.05, 4.69) is 0 Å². The van der Waals surface area contributed by atoms with Crippen LogP contribution in [-0.2, 0) is 14.3 Å². The highest BCUT2D eigenvalue weighted by Gasteiger charge is 2.41. The number of esters is 1. The Kier molecular flexibility index (Phi) is 3.92. The first-order valence-electron chi connectivity index (χ1n) is 6.40. The van der Waals surface area contributed by atoms with Crippen molar-refractivity contribution in [3.8, 4) is 0 Å². The summed E-state index contributed by atoms with van der Waals surface area (Å²) in [7, 11) is 1.31. The summed E-state index contributed by atoms with van der Waals surface area (Å²) >= 11 is 0. The van der Waals surface area contributed by atoms with Crippen LogP contribution >= 0.6 is 0 Å². The number of rotatable bonds is 2. The second-order valence-corrected chi connectivity index (χ2v) is 4.95. The van der Waals surface area contributed by atoms with E-state index in [0.717, 1.165) is 12.8 Å². The van der Waals surface area contributed by atoms with Gasteiger partial charge in [0, 0.05) is 19.6 Å². The van der Waals surface area contributed by atoms with Crippen LogP contribution in [-0.4, -0.2) is 65.7 Å². The summed E-state index contributed by atoms with van der Waals surface area (Å²) in [5, 5.41) is 8.80. The van der Waals surface area contributed by atoms with Gasteiger partial charge in [0.05, 0.1) is 13.0 Å². The standard InChI is InChI=1S/C12H18N2O5/c1-19-11(17)9-4-2-3-5-14(9)12(18)13-6-8(7-13)10(15)16/h8-9H,2-7H2,1H3,(H,15,16). The smallest absolute Gasteiger partial charge is 0.328 e. The van der Waals surface area contributed by atoms with Gasteiger partial charge in [0.2, 0.25) is 0 Å². The van der Waals surface area contributed by atoms with Crippen molar-refractivity contribution in [2.45, 2.75) is 25.3 Å². The normalized spacial score (nSPS) is 23.7. The summed E-state index contributed by atoms with van der Waals surface area (Å²) in [4.78, 5) is 37.6. The lowest BCUT2D eigenvalue weighted by Crippen LogP contribution is -2.60. The third kappa shape index (κ3) is 2.64. The van der Waals surface area contributed by atoms with E-state index in [-0.39, 0.29) is 19.1 Å². The van der Waals surface area contributed by atoms with Crippen molar-refractivity contribution >= 4 is 18.0 Å². The summed E-state index contributed by atoms with van der Waals surface area (Å²) in [6, 6.07) is -0.789. The Hall–Kier alpha value is -1.79. The van der Waals surface area contributed by atoms with Crippen LogP contribution in [0.4, 0.5) is 4.79 Å². The Morgan fingerprint density at radius 3 is 2.47 bits per heavy atom. The second-order valence-electron chi connectivity index (χ2n) is 4.95. The highest BCUT2D eigenvalue weighted by Crippen LogP contribution is 2.23. The van der Waals surface area contributed by atoms with Crippen molar-refractivity contribution in [2.75, 3.05) is 26.7 Å². The molecule has 0 aromatic rings. The lowest BCUT2D eigenvalue weighted by molar-refractivity contribution is -0.149. The van der Waals surface area contributed by atoms with Crippen LogP contribution in [0.1, 0.15) is 19.3 Å². The monoisotopic (exact) mass is 270 g/mol. The van der Waals surface area contributed by atoms with Gasteiger partial charge in [-0.15, -0.1) is 0 Å². The number of carbonyl (C=O) groups excluding carboxylic acids is 2. The van der Waals surface area contributed by atoms with Gasteiger partial charge in [0.15, 0.2) is 0 Å². The van der Waals surface area contributed by atoms with Gasteiger partial charge in [-0.1, -0.05) is 0 Å². The molecule has 2 heterocycles. The van der Waals surface area contributed by atoms with Crippen LogP contribution in [0, 0.1) is 5.92 Å². The van der Waals surface area contributed by atoms with E-state index in [1.807, 2.05) is 0 Å². The largest absolute Gasteiger partial charge is 0.481 e. The number of hydrogen-bond acceptors (Lipinski definition) is 4. The molecule has 0 radical (unpaired) electrons. The topological polar surface area (TPSA) is 87.2 Å². The van der Waals surface area contributed by atoms with Gasteiger partial charge in [0.1, 0.15) is 6.04 Å². The number of piperidine rings is 1. The van der Waals surface area contributed by atoms with Crippen LogP contribution in [0.3, 0.4) is 0 Å². The molecule has 2 aliphatic rings. The van der Waals surface area contributed by atoms with Crippen LogP contribution in [0.2, 0.25) is 0 Å². The third-order valence-electron chi connectivity index (χ3n) is 3.72. The average Bonchev–Trinajstić information content (AvgIpc) is 2.35. The van der Waals surface area contributed by atoms with Crippen molar-refractivity contribution < 1.29 is 24.2 Å². The van der Waals surface area contributed by atoms with Crippen molar-refractivity contribution in [2.24, 2.45) is 5.92 Å². The van der Waals surface area contributed by atoms with E-state index < -0.39 is 23.9 Å². The quantitative estimate of drug-likeness (QED) is 0.722. The summed E-state index contributed by atoms with van der Waals surface area (Å²) in [6.07, 6.45) is 2.35. The molecule has 2 amide bonds. The fourth-order valence-corrected chi connectivity index (χ4v) is 2.51. The molecule has 2 rings (SSSR count). The van der Waals surface area contributed by atoms with Gasteiger partial charge in [-0.2, -0.15) is 0 Å². The average molecular weight is 270 g/mol. The zero-order chi connectivity index (χ0) is 14.0. The Morgan fingerprint density at radius 2 is 1.89 bits per heavy atom. The Morgan fingerprint density at radius 1 is 1.21 bits per heavy atom. The number of carboxylic acids is 1. The number of ether oxygens (including phenoxy) is 1. The van der Waals surface area contributed by atoms with Crippen molar-refractivity contribution in [3.05, 3.63) is 0 Å². The number of hydrogen-bond donors (Lipinski definition) is 1. The minimum atomic E-state index is -0.882. The number of urea groups is 1. The van der Waals surface area contributed by atoms with Gasteiger partial charge in [0.25, 0.3) is 0 Å². The number of carboxylic acid groups (broad SMARTS) is 1. The molecule has 106 valence electrons. The highest BCUT2D eigenvalue weighted by molar-refractivity contribution is 5.85. The number of amides is 2. The molecular weight excluding hydrogens is 252 g/mol. The van der Waals surface area contributed by atoms with Gasteiger partial charge in [-0.25, -0.2) is 9.59 Å². The lowest BCUT2D eigenvalue weighted by atomic mass is 9.99. The van der Waals surface area contributed by atoms with Crippen LogP contribution < -0.4 is 0 Å². The molecule has 0 aromatic heterocycles. The second kappa shape index (κ2) is 5.46. The summed E-state index contributed by atoms with van der Waals surface area (Å²) in [5.74, 6) is -1.76. The summed E-state index contributed by atoms with van der Waals surface area (Å²) < 4.78 is 4.72. The number of carbonyl (C=O) groups is 3. The van der Waals surface area contributed by atoms with E-state index in [4.69, 9.17) is 9.84 Å². The minimum absolute atomic E-state index is 0.221. The molecule has 2 fully saturated rings. The molecule has 1 unspecified atom stereocenters. The minimum Gasteiger partial charge on any atom is -0.481 e. The fraction of sp³-hybridized carbons (Fsp3) is 0.750. The molecule has 0 aromatic carbocycles. The van der Waals surface area contributed by atoms with E-state index in [0.29, 0.717) is 13.0 Å². The van der Waals surface area contributed by atoms with Gasteiger partial charge in [-0.3, -0.25) is 4.79 Å². The maximum absolute atomic E-state index is 12.2. The molecule has 1 N–H and O–H groups in total. The molecule has 0 spiro atoms.